The number of fused-ring (bicyclic) bond motifs is 1. The zero-order chi connectivity index (χ0) is 16.6. The van der Waals surface area contributed by atoms with Gasteiger partial charge in [-0.15, -0.1) is 0 Å². The van der Waals surface area contributed by atoms with Crippen LogP contribution in [0.2, 0.25) is 0 Å². The molecule has 120 valence electrons. The predicted molar refractivity (Wildman–Crippen MR) is 96.0 cm³/mol. The smallest absolute Gasteiger partial charge is 0.165 e. The Labute approximate surface area is 137 Å². The monoisotopic (exact) mass is 308 g/mol. The minimum absolute atomic E-state index is 0.396. The summed E-state index contributed by atoms with van der Waals surface area (Å²) in [5.41, 5.74) is 6.44. The summed E-state index contributed by atoms with van der Waals surface area (Å²) >= 11 is 0. The van der Waals surface area contributed by atoms with Crippen LogP contribution in [0.15, 0.2) is 30.3 Å². The van der Waals surface area contributed by atoms with Crippen molar-refractivity contribution in [2.45, 2.75) is 47.1 Å². The fraction of sp³-hybridized carbons (Fsp3) is 0.368. The van der Waals surface area contributed by atoms with Crippen LogP contribution in [-0.4, -0.2) is 20.6 Å². The Bertz CT molecular complexity index is 831. The quantitative estimate of drug-likeness (QED) is 0.770. The van der Waals surface area contributed by atoms with Crippen LogP contribution in [0.3, 0.4) is 0 Å². The van der Waals surface area contributed by atoms with Crippen molar-refractivity contribution in [3.8, 4) is 11.1 Å². The summed E-state index contributed by atoms with van der Waals surface area (Å²) in [4.78, 5) is 4.75. The minimum Gasteiger partial charge on any atom is -0.367 e. The first kappa shape index (κ1) is 15.5. The van der Waals surface area contributed by atoms with Crippen molar-refractivity contribution in [1.82, 2.24) is 14.6 Å². The van der Waals surface area contributed by atoms with Gasteiger partial charge in [0.15, 0.2) is 5.65 Å². The topological polar surface area (TPSA) is 42.2 Å². The lowest BCUT2D eigenvalue weighted by Gasteiger charge is -2.14. The average molecular weight is 308 g/mol. The molecule has 0 aliphatic heterocycles. The largest absolute Gasteiger partial charge is 0.367 e. The van der Waals surface area contributed by atoms with Crippen LogP contribution in [0.1, 0.15) is 37.2 Å². The van der Waals surface area contributed by atoms with Crippen molar-refractivity contribution in [3.05, 3.63) is 47.3 Å². The number of nitrogens with zero attached hydrogens (tertiary/aromatic N) is 3. The summed E-state index contributed by atoms with van der Waals surface area (Å²) < 4.78 is 1.93. The molecular formula is C19H24N4. The third-order valence-electron chi connectivity index (χ3n) is 4.24. The van der Waals surface area contributed by atoms with Crippen LogP contribution in [0.5, 0.6) is 0 Å². The molecular weight excluding hydrogens is 284 g/mol. The number of benzene rings is 1. The molecule has 2 aromatic heterocycles. The number of nitrogens with one attached hydrogen (secondary N) is 1. The van der Waals surface area contributed by atoms with Gasteiger partial charge < -0.3 is 5.32 Å². The molecule has 1 aromatic carbocycles. The Balaban J connectivity index is 2.20. The second-order valence-corrected chi connectivity index (χ2v) is 6.30. The van der Waals surface area contributed by atoms with Gasteiger partial charge in [-0.25, -0.2) is 4.98 Å². The van der Waals surface area contributed by atoms with Crippen molar-refractivity contribution >= 4 is 11.5 Å². The molecule has 0 saturated heterocycles. The van der Waals surface area contributed by atoms with Gasteiger partial charge in [-0.1, -0.05) is 36.8 Å². The van der Waals surface area contributed by atoms with Crippen molar-refractivity contribution in [2.75, 3.05) is 5.32 Å². The molecule has 0 unspecified atom stereocenters. The van der Waals surface area contributed by atoms with Gasteiger partial charge in [-0.2, -0.15) is 9.61 Å². The molecule has 4 heteroatoms. The van der Waals surface area contributed by atoms with E-state index in [1.807, 2.05) is 18.4 Å². The summed E-state index contributed by atoms with van der Waals surface area (Å²) in [6, 6.07) is 11.0. The van der Waals surface area contributed by atoms with E-state index in [1.165, 1.54) is 5.56 Å². The highest BCUT2D eigenvalue weighted by molar-refractivity contribution is 5.81. The van der Waals surface area contributed by atoms with Crippen LogP contribution in [-0.2, 0) is 0 Å². The molecule has 3 aromatic rings. The molecule has 1 N–H and O–H groups in total. The average Bonchev–Trinajstić information content (AvgIpc) is 2.84. The first-order valence-corrected chi connectivity index (χ1v) is 8.20. The number of rotatable bonds is 4. The zero-order valence-corrected chi connectivity index (χ0v) is 14.5. The number of anilines is 1. The first-order chi connectivity index (χ1) is 11.0. The summed E-state index contributed by atoms with van der Waals surface area (Å²) in [6.45, 7) is 10.5. The normalized spacial score (nSPS) is 12.6. The Hall–Kier alpha value is -2.36. The summed E-state index contributed by atoms with van der Waals surface area (Å²) in [5.74, 6) is 1.00. The molecule has 0 aliphatic rings. The molecule has 0 radical (unpaired) electrons. The maximum atomic E-state index is 4.75. The van der Waals surface area contributed by atoms with E-state index < -0.39 is 0 Å². The van der Waals surface area contributed by atoms with Gasteiger partial charge in [0, 0.05) is 23.4 Å². The molecule has 4 nitrogen and oxygen atoms in total. The van der Waals surface area contributed by atoms with Crippen LogP contribution >= 0.6 is 0 Å². The molecule has 0 bridgehead atoms. The minimum atomic E-state index is 0.396. The first-order valence-electron chi connectivity index (χ1n) is 8.20. The summed E-state index contributed by atoms with van der Waals surface area (Å²) in [5, 5.41) is 8.27. The second kappa shape index (κ2) is 6.03. The molecule has 0 saturated carbocycles. The molecule has 2 heterocycles. The van der Waals surface area contributed by atoms with Crippen molar-refractivity contribution in [1.29, 1.82) is 0 Å². The van der Waals surface area contributed by atoms with E-state index in [4.69, 9.17) is 10.1 Å². The maximum absolute atomic E-state index is 4.75. The Morgan fingerprint density at radius 3 is 2.48 bits per heavy atom. The van der Waals surface area contributed by atoms with Gasteiger partial charge in [0.05, 0.1) is 5.69 Å². The van der Waals surface area contributed by atoms with E-state index in [-0.39, 0.29) is 0 Å². The third-order valence-corrected chi connectivity index (χ3v) is 4.24. The standard InChI is InChI=1S/C19H24N4/c1-6-13(3)20-17-11-14(4)21-19-18(15(5)22-23(17)19)16-9-7-12(2)8-10-16/h7-11,13,20H,6H2,1-5H3/t13-/m0/s1. The zero-order valence-electron chi connectivity index (χ0n) is 14.5. The lowest BCUT2D eigenvalue weighted by atomic mass is 10.0. The van der Waals surface area contributed by atoms with Gasteiger partial charge >= 0.3 is 0 Å². The predicted octanol–water partition coefficient (Wildman–Crippen LogP) is 4.53. The van der Waals surface area contributed by atoms with Crippen LogP contribution in [0.25, 0.3) is 16.8 Å². The highest BCUT2D eigenvalue weighted by Gasteiger charge is 2.16. The van der Waals surface area contributed by atoms with Gasteiger partial charge in [-0.05, 0) is 39.7 Å². The van der Waals surface area contributed by atoms with Crippen molar-refractivity contribution < 1.29 is 0 Å². The van der Waals surface area contributed by atoms with E-state index in [1.54, 1.807) is 0 Å². The summed E-state index contributed by atoms with van der Waals surface area (Å²) in [7, 11) is 0. The molecule has 0 spiro atoms. The molecule has 0 aliphatic carbocycles. The van der Waals surface area contributed by atoms with E-state index >= 15 is 0 Å². The van der Waals surface area contributed by atoms with E-state index in [9.17, 15) is 0 Å². The molecule has 0 fully saturated rings. The highest BCUT2D eigenvalue weighted by atomic mass is 15.3. The molecule has 0 amide bonds. The lowest BCUT2D eigenvalue weighted by molar-refractivity contribution is 0.747. The molecule has 23 heavy (non-hydrogen) atoms. The number of hydrogen-bond donors (Lipinski definition) is 1. The van der Waals surface area contributed by atoms with Gasteiger partial charge in [-0.3, -0.25) is 0 Å². The molecule has 3 rings (SSSR count). The Kier molecular flexibility index (Phi) is 4.07. The SMILES string of the molecule is CC[C@H](C)Nc1cc(C)nc2c(-c3ccc(C)cc3)c(C)nn12. The van der Waals surface area contributed by atoms with Gasteiger partial charge in [0.25, 0.3) is 0 Å². The van der Waals surface area contributed by atoms with Crippen molar-refractivity contribution in [2.24, 2.45) is 0 Å². The van der Waals surface area contributed by atoms with Gasteiger partial charge in [0.1, 0.15) is 5.82 Å². The second-order valence-electron chi connectivity index (χ2n) is 6.30. The number of aromatic nitrogens is 3. The highest BCUT2D eigenvalue weighted by Crippen LogP contribution is 2.29. The fourth-order valence-corrected chi connectivity index (χ4v) is 2.76. The van der Waals surface area contributed by atoms with Crippen LogP contribution < -0.4 is 5.32 Å². The third kappa shape index (κ3) is 2.93. The number of aryl methyl sites for hydroxylation is 3. The van der Waals surface area contributed by atoms with E-state index in [2.05, 4.69) is 56.4 Å². The Morgan fingerprint density at radius 1 is 1.13 bits per heavy atom. The maximum Gasteiger partial charge on any atom is 0.165 e. The number of hydrogen-bond acceptors (Lipinski definition) is 3. The van der Waals surface area contributed by atoms with E-state index in [0.717, 1.165) is 40.4 Å². The van der Waals surface area contributed by atoms with Gasteiger partial charge in [0.2, 0.25) is 0 Å². The van der Waals surface area contributed by atoms with Crippen LogP contribution in [0, 0.1) is 20.8 Å². The lowest BCUT2D eigenvalue weighted by Crippen LogP contribution is -2.16. The van der Waals surface area contributed by atoms with E-state index in [0.29, 0.717) is 6.04 Å². The fourth-order valence-electron chi connectivity index (χ4n) is 2.76. The molecule has 1 atom stereocenters. The summed E-state index contributed by atoms with van der Waals surface area (Å²) in [6.07, 6.45) is 1.06. The Morgan fingerprint density at radius 2 is 1.83 bits per heavy atom. The van der Waals surface area contributed by atoms with Crippen LogP contribution in [0.4, 0.5) is 5.82 Å². The van der Waals surface area contributed by atoms with Crippen molar-refractivity contribution in [3.63, 3.8) is 0 Å².